The number of aliphatic hydroxyl groups is 1. The summed E-state index contributed by atoms with van der Waals surface area (Å²) in [5, 5.41) is 9.24. The first-order chi connectivity index (χ1) is 9.69. The van der Waals surface area contributed by atoms with Crippen molar-refractivity contribution in [2.24, 2.45) is 0 Å². The third kappa shape index (κ3) is 4.40. The molecule has 0 aliphatic heterocycles. The first kappa shape index (κ1) is 15.2. The summed E-state index contributed by atoms with van der Waals surface area (Å²) < 4.78 is 1.10. The fourth-order valence-electron chi connectivity index (χ4n) is 2.18. The molecule has 0 saturated heterocycles. The molecule has 0 amide bonds. The largest absolute Gasteiger partial charge is 0.395 e. The number of hydrogen-bond donors (Lipinski definition) is 1. The Morgan fingerprint density at radius 2 is 2.10 bits per heavy atom. The molecule has 0 aliphatic rings. The summed E-state index contributed by atoms with van der Waals surface area (Å²) in [4.78, 5) is 6.37. The fourth-order valence-corrected chi connectivity index (χ4v) is 2.66. The summed E-state index contributed by atoms with van der Waals surface area (Å²) in [5.74, 6) is 0. The van der Waals surface area contributed by atoms with Crippen LogP contribution in [0, 0.1) is 6.92 Å². The van der Waals surface area contributed by atoms with E-state index in [1.165, 1.54) is 11.1 Å². The Balaban J connectivity index is 2.09. The number of benzene rings is 1. The second-order valence-electron chi connectivity index (χ2n) is 4.87. The highest BCUT2D eigenvalue weighted by Crippen LogP contribution is 2.18. The zero-order valence-electron chi connectivity index (χ0n) is 11.6. The zero-order valence-corrected chi connectivity index (χ0v) is 13.2. The van der Waals surface area contributed by atoms with Gasteiger partial charge in [0.15, 0.2) is 0 Å². The van der Waals surface area contributed by atoms with Crippen molar-refractivity contribution in [1.29, 1.82) is 0 Å². The predicted molar refractivity (Wildman–Crippen MR) is 84.3 cm³/mol. The molecule has 0 spiro atoms. The van der Waals surface area contributed by atoms with Crippen LogP contribution in [0.15, 0.2) is 47.2 Å². The molecular formula is C16H19BrN2O. The Morgan fingerprint density at radius 3 is 2.75 bits per heavy atom. The van der Waals surface area contributed by atoms with Gasteiger partial charge in [-0.15, -0.1) is 0 Å². The molecule has 0 aliphatic carbocycles. The lowest BCUT2D eigenvalue weighted by molar-refractivity contribution is 0.184. The van der Waals surface area contributed by atoms with Crippen LogP contribution in [0.5, 0.6) is 0 Å². The van der Waals surface area contributed by atoms with Crippen LogP contribution in [0.4, 0.5) is 0 Å². The van der Waals surface area contributed by atoms with Gasteiger partial charge in [0, 0.05) is 36.5 Å². The Bertz CT molecular complexity index is 545. The average Bonchev–Trinajstić information content (AvgIpc) is 2.43. The van der Waals surface area contributed by atoms with E-state index in [4.69, 9.17) is 0 Å². The minimum atomic E-state index is 0.163. The number of rotatable bonds is 6. The van der Waals surface area contributed by atoms with Crippen molar-refractivity contribution in [3.05, 3.63) is 63.9 Å². The zero-order chi connectivity index (χ0) is 14.4. The predicted octanol–water partition coefficient (Wildman–Crippen LogP) is 3.15. The van der Waals surface area contributed by atoms with Crippen molar-refractivity contribution >= 4 is 15.9 Å². The van der Waals surface area contributed by atoms with E-state index in [0.717, 1.165) is 23.1 Å². The molecule has 0 radical (unpaired) electrons. The lowest BCUT2D eigenvalue weighted by Gasteiger charge is -2.22. The number of aromatic nitrogens is 1. The molecule has 2 rings (SSSR count). The molecule has 2 aromatic rings. The Morgan fingerprint density at radius 1 is 1.25 bits per heavy atom. The van der Waals surface area contributed by atoms with Crippen molar-refractivity contribution in [3.63, 3.8) is 0 Å². The first-order valence-corrected chi connectivity index (χ1v) is 7.45. The Labute approximate surface area is 128 Å². The summed E-state index contributed by atoms with van der Waals surface area (Å²) in [6.07, 6.45) is 3.65. The topological polar surface area (TPSA) is 36.4 Å². The molecule has 20 heavy (non-hydrogen) atoms. The molecule has 3 nitrogen and oxygen atoms in total. The van der Waals surface area contributed by atoms with E-state index in [1.807, 2.05) is 12.3 Å². The van der Waals surface area contributed by atoms with Crippen LogP contribution in [0.2, 0.25) is 0 Å². The Hall–Kier alpha value is -1.23. The maximum absolute atomic E-state index is 9.24. The summed E-state index contributed by atoms with van der Waals surface area (Å²) >= 11 is 3.49. The quantitative estimate of drug-likeness (QED) is 0.881. The van der Waals surface area contributed by atoms with E-state index < -0.39 is 0 Å². The van der Waals surface area contributed by atoms with E-state index in [9.17, 15) is 5.11 Å². The minimum Gasteiger partial charge on any atom is -0.395 e. The maximum atomic E-state index is 9.24. The smallest absolute Gasteiger partial charge is 0.0558 e. The molecule has 0 unspecified atom stereocenters. The summed E-state index contributed by atoms with van der Waals surface area (Å²) in [5.41, 5.74) is 3.70. The van der Waals surface area contributed by atoms with Crippen LogP contribution < -0.4 is 0 Å². The molecule has 0 saturated carbocycles. The lowest BCUT2D eigenvalue weighted by atomic mass is 10.1. The van der Waals surface area contributed by atoms with Crippen LogP contribution in [-0.2, 0) is 13.1 Å². The van der Waals surface area contributed by atoms with Crippen molar-refractivity contribution < 1.29 is 5.11 Å². The molecule has 106 valence electrons. The van der Waals surface area contributed by atoms with Crippen LogP contribution in [0.3, 0.4) is 0 Å². The third-order valence-electron chi connectivity index (χ3n) is 3.24. The molecule has 1 aromatic heterocycles. The van der Waals surface area contributed by atoms with E-state index in [0.29, 0.717) is 6.54 Å². The molecular weight excluding hydrogens is 316 g/mol. The highest BCUT2D eigenvalue weighted by Gasteiger charge is 2.08. The number of nitrogens with zero attached hydrogens (tertiary/aromatic N) is 2. The van der Waals surface area contributed by atoms with Crippen molar-refractivity contribution in [2.75, 3.05) is 13.2 Å². The third-order valence-corrected chi connectivity index (χ3v) is 3.74. The van der Waals surface area contributed by atoms with Gasteiger partial charge < -0.3 is 5.11 Å². The van der Waals surface area contributed by atoms with E-state index in [-0.39, 0.29) is 6.61 Å². The van der Waals surface area contributed by atoms with Crippen molar-refractivity contribution in [2.45, 2.75) is 20.0 Å². The van der Waals surface area contributed by atoms with Crippen LogP contribution in [0.1, 0.15) is 16.7 Å². The van der Waals surface area contributed by atoms with Gasteiger partial charge in [-0.25, -0.2) is 0 Å². The van der Waals surface area contributed by atoms with E-state index in [2.05, 4.69) is 57.0 Å². The Kier molecular flexibility index (Phi) is 5.71. The monoisotopic (exact) mass is 334 g/mol. The standard InChI is InChI=1S/C16H19BrN2O/c1-13-9-16(17)5-4-15(13)12-19(7-8-20)11-14-3-2-6-18-10-14/h2-6,9-10,20H,7-8,11-12H2,1H3. The number of aryl methyl sites for hydroxylation is 1. The van der Waals surface area contributed by atoms with E-state index >= 15 is 0 Å². The van der Waals surface area contributed by atoms with Gasteiger partial charge >= 0.3 is 0 Å². The second kappa shape index (κ2) is 7.53. The first-order valence-electron chi connectivity index (χ1n) is 6.66. The van der Waals surface area contributed by atoms with E-state index in [1.54, 1.807) is 6.20 Å². The number of aliphatic hydroxyl groups excluding tert-OH is 1. The molecule has 0 atom stereocenters. The van der Waals surface area contributed by atoms with Gasteiger partial charge in [-0.3, -0.25) is 9.88 Å². The molecule has 4 heteroatoms. The minimum absolute atomic E-state index is 0.163. The molecule has 1 heterocycles. The summed E-state index contributed by atoms with van der Waals surface area (Å²) in [7, 11) is 0. The lowest BCUT2D eigenvalue weighted by Crippen LogP contribution is -2.26. The van der Waals surface area contributed by atoms with Gasteiger partial charge in [0.1, 0.15) is 0 Å². The molecule has 1 aromatic carbocycles. The SMILES string of the molecule is Cc1cc(Br)ccc1CN(CCO)Cc1cccnc1. The van der Waals surface area contributed by atoms with Crippen LogP contribution in [0.25, 0.3) is 0 Å². The number of halogens is 1. The summed E-state index contributed by atoms with van der Waals surface area (Å²) in [6.45, 7) is 4.56. The van der Waals surface area contributed by atoms with Crippen LogP contribution in [-0.4, -0.2) is 28.1 Å². The maximum Gasteiger partial charge on any atom is 0.0558 e. The second-order valence-corrected chi connectivity index (χ2v) is 5.78. The molecule has 0 bridgehead atoms. The van der Waals surface area contributed by atoms with Crippen LogP contribution >= 0.6 is 15.9 Å². The molecule has 0 fully saturated rings. The highest BCUT2D eigenvalue weighted by atomic mass is 79.9. The van der Waals surface area contributed by atoms with Crippen molar-refractivity contribution in [1.82, 2.24) is 9.88 Å². The van der Waals surface area contributed by atoms with Crippen molar-refractivity contribution in [3.8, 4) is 0 Å². The van der Waals surface area contributed by atoms with Gasteiger partial charge in [0.2, 0.25) is 0 Å². The normalized spacial score (nSPS) is 11.0. The number of hydrogen-bond acceptors (Lipinski definition) is 3. The summed E-state index contributed by atoms with van der Waals surface area (Å²) in [6, 6.07) is 10.3. The van der Waals surface area contributed by atoms with Gasteiger partial charge in [-0.1, -0.05) is 28.1 Å². The van der Waals surface area contributed by atoms with Gasteiger partial charge in [0.05, 0.1) is 6.61 Å². The molecule has 1 N–H and O–H groups in total. The van der Waals surface area contributed by atoms with Gasteiger partial charge in [-0.05, 0) is 41.8 Å². The highest BCUT2D eigenvalue weighted by molar-refractivity contribution is 9.10. The number of pyridine rings is 1. The average molecular weight is 335 g/mol. The van der Waals surface area contributed by atoms with Gasteiger partial charge in [-0.2, -0.15) is 0 Å². The van der Waals surface area contributed by atoms with Gasteiger partial charge in [0.25, 0.3) is 0 Å². The fraction of sp³-hybridized carbons (Fsp3) is 0.312.